The topological polar surface area (TPSA) is 67.2 Å². The third-order valence-corrected chi connectivity index (χ3v) is 4.63. The quantitative estimate of drug-likeness (QED) is 0.504. The number of anilines is 2. The van der Waals surface area contributed by atoms with Gasteiger partial charge in [-0.3, -0.25) is 0 Å². The number of rotatable bonds is 4. The molecule has 0 aliphatic carbocycles. The van der Waals surface area contributed by atoms with E-state index < -0.39 is 5.97 Å². The SMILES string of the molecule is Cn1cc(-c2ccccc2)c2cc(Nc3ncc(Cl)cc3C(=O)O)ccc21. The number of carboxylic acids is 1. The number of carbonyl (C=O) groups is 1. The molecule has 0 bridgehead atoms. The first-order valence-corrected chi connectivity index (χ1v) is 8.71. The highest BCUT2D eigenvalue weighted by molar-refractivity contribution is 6.30. The molecule has 2 heterocycles. The summed E-state index contributed by atoms with van der Waals surface area (Å²) in [5.41, 5.74) is 4.10. The third kappa shape index (κ3) is 3.25. The number of carboxylic acid groups (broad SMARTS) is 1. The Kier molecular flexibility index (Phi) is 4.30. The minimum Gasteiger partial charge on any atom is -0.478 e. The lowest BCUT2D eigenvalue weighted by Gasteiger charge is -2.10. The van der Waals surface area contributed by atoms with Gasteiger partial charge in [-0.15, -0.1) is 0 Å². The Morgan fingerprint density at radius 2 is 1.93 bits per heavy atom. The van der Waals surface area contributed by atoms with Gasteiger partial charge in [0.25, 0.3) is 0 Å². The molecule has 5 nitrogen and oxygen atoms in total. The smallest absolute Gasteiger partial charge is 0.339 e. The van der Waals surface area contributed by atoms with Crippen molar-refractivity contribution >= 4 is 40.0 Å². The summed E-state index contributed by atoms with van der Waals surface area (Å²) in [7, 11) is 2.01. The molecular weight excluding hydrogens is 362 g/mol. The summed E-state index contributed by atoms with van der Waals surface area (Å²) in [6.45, 7) is 0. The maximum absolute atomic E-state index is 11.5. The first-order chi connectivity index (χ1) is 13.0. The van der Waals surface area contributed by atoms with Crippen molar-refractivity contribution in [3.63, 3.8) is 0 Å². The average Bonchev–Trinajstić information content (AvgIpc) is 3.00. The van der Waals surface area contributed by atoms with Crippen LogP contribution in [-0.4, -0.2) is 20.6 Å². The molecule has 0 unspecified atom stereocenters. The van der Waals surface area contributed by atoms with Crippen molar-refractivity contribution in [3.05, 3.63) is 77.6 Å². The van der Waals surface area contributed by atoms with Crippen LogP contribution in [0.3, 0.4) is 0 Å². The van der Waals surface area contributed by atoms with Gasteiger partial charge in [0.1, 0.15) is 11.4 Å². The van der Waals surface area contributed by atoms with E-state index in [4.69, 9.17) is 11.6 Å². The molecule has 0 spiro atoms. The fourth-order valence-corrected chi connectivity index (χ4v) is 3.31. The maximum atomic E-state index is 11.5. The Labute approximate surface area is 160 Å². The summed E-state index contributed by atoms with van der Waals surface area (Å²) in [5, 5.41) is 13.8. The van der Waals surface area contributed by atoms with Gasteiger partial charge in [-0.25, -0.2) is 9.78 Å². The zero-order valence-corrected chi connectivity index (χ0v) is 15.2. The molecule has 2 aromatic heterocycles. The van der Waals surface area contributed by atoms with Gasteiger partial charge in [0.05, 0.1) is 5.02 Å². The largest absolute Gasteiger partial charge is 0.478 e. The minimum absolute atomic E-state index is 0.0268. The van der Waals surface area contributed by atoms with Crippen LogP contribution in [0.1, 0.15) is 10.4 Å². The number of fused-ring (bicyclic) bond motifs is 1. The van der Waals surface area contributed by atoms with Gasteiger partial charge in [0, 0.05) is 41.6 Å². The van der Waals surface area contributed by atoms with E-state index in [9.17, 15) is 9.90 Å². The van der Waals surface area contributed by atoms with Gasteiger partial charge < -0.3 is 15.0 Å². The van der Waals surface area contributed by atoms with Crippen LogP contribution in [0.15, 0.2) is 67.0 Å². The van der Waals surface area contributed by atoms with Gasteiger partial charge in [-0.2, -0.15) is 0 Å². The molecule has 4 aromatic rings. The normalized spacial score (nSPS) is 10.9. The second kappa shape index (κ2) is 6.78. The molecule has 2 N–H and O–H groups in total. The van der Waals surface area contributed by atoms with Crippen molar-refractivity contribution < 1.29 is 9.90 Å². The predicted molar refractivity (Wildman–Crippen MR) is 108 cm³/mol. The molecule has 27 heavy (non-hydrogen) atoms. The van der Waals surface area contributed by atoms with Gasteiger partial charge in [0.15, 0.2) is 0 Å². The molecular formula is C21H16ClN3O2. The first kappa shape index (κ1) is 17.1. The van der Waals surface area contributed by atoms with Crippen LogP contribution in [0.5, 0.6) is 0 Å². The summed E-state index contributed by atoms with van der Waals surface area (Å²) < 4.78 is 2.07. The number of pyridine rings is 1. The van der Waals surface area contributed by atoms with E-state index >= 15 is 0 Å². The summed E-state index contributed by atoms with van der Waals surface area (Å²) in [6.07, 6.45) is 3.51. The van der Waals surface area contributed by atoms with Gasteiger partial charge in [-0.05, 0) is 29.8 Å². The number of hydrogen-bond donors (Lipinski definition) is 2. The lowest BCUT2D eigenvalue weighted by molar-refractivity contribution is 0.0697. The molecule has 0 atom stereocenters. The summed E-state index contributed by atoms with van der Waals surface area (Å²) in [5.74, 6) is -0.832. The van der Waals surface area contributed by atoms with Gasteiger partial charge in [0.2, 0.25) is 0 Å². The van der Waals surface area contributed by atoms with Crippen molar-refractivity contribution in [2.75, 3.05) is 5.32 Å². The van der Waals surface area contributed by atoms with Crippen LogP contribution in [0.4, 0.5) is 11.5 Å². The highest BCUT2D eigenvalue weighted by atomic mass is 35.5. The molecule has 0 radical (unpaired) electrons. The highest BCUT2D eigenvalue weighted by Gasteiger charge is 2.14. The van der Waals surface area contributed by atoms with E-state index in [0.717, 1.165) is 27.7 Å². The lowest BCUT2D eigenvalue weighted by atomic mass is 10.0. The van der Waals surface area contributed by atoms with Crippen LogP contribution >= 0.6 is 11.6 Å². The van der Waals surface area contributed by atoms with Crippen molar-refractivity contribution in [2.24, 2.45) is 7.05 Å². The van der Waals surface area contributed by atoms with E-state index in [1.54, 1.807) is 0 Å². The van der Waals surface area contributed by atoms with Crippen LogP contribution in [0, 0.1) is 0 Å². The molecule has 0 aliphatic heterocycles. The second-order valence-electron chi connectivity index (χ2n) is 6.23. The molecule has 0 fully saturated rings. The highest BCUT2D eigenvalue weighted by Crippen LogP contribution is 2.33. The fourth-order valence-electron chi connectivity index (χ4n) is 3.16. The number of aromatic nitrogens is 2. The zero-order valence-electron chi connectivity index (χ0n) is 14.5. The van der Waals surface area contributed by atoms with Crippen molar-refractivity contribution in [2.45, 2.75) is 0 Å². The van der Waals surface area contributed by atoms with Crippen LogP contribution in [0.25, 0.3) is 22.0 Å². The number of aryl methyl sites for hydroxylation is 1. The Hall–Kier alpha value is -3.31. The minimum atomic E-state index is -1.08. The molecule has 6 heteroatoms. The number of halogens is 1. The van der Waals surface area contributed by atoms with Crippen LogP contribution in [-0.2, 0) is 7.05 Å². The van der Waals surface area contributed by atoms with Crippen LogP contribution < -0.4 is 5.32 Å². The third-order valence-electron chi connectivity index (χ3n) is 4.42. The monoisotopic (exact) mass is 377 g/mol. The lowest BCUT2D eigenvalue weighted by Crippen LogP contribution is -2.04. The summed E-state index contributed by atoms with van der Waals surface area (Å²) >= 11 is 5.88. The van der Waals surface area contributed by atoms with E-state index in [1.807, 2.05) is 43.4 Å². The number of benzene rings is 2. The molecule has 0 aliphatic rings. The molecule has 0 saturated carbocycles. The van der Waals surface area contributed by atoms with Crippen molar-refractivity contribution in [1.29, 1.82) is 0 Å². The van der Waals surface area contributed by atoms with Gasteiger partial charge >= 0.3 is 5.97 Å². The number of nitrogens with zero attached hydrogens (tertiary/aromatic N) is 2. The Morgan fingerprint density at radius 3 is 2.67 bits per heavy atom. The standard InChI is InChI=1S/C21H16ClN3O2/c1-25-12-18(13-5-3-2-4-6-13)16-10-15(7-8-19(16)25)24-20-17(21(26)27)9-14(22)11-23-20/h2-12H,1H3,(H,23,24)(H,26,27). The Bertz CT molecular complexity index is 1150. The molecule has 2 aromatic carbocycles. The molecule has 134 valence electrons. The summed E-state index contributed by atoms with van der Waals surface area (Å²) in [6, 6.07) is 17.4. The van der Waals surface area contributed by atoms with Crippen LogP contribution in [0.2, 0.25) is 5.02 Å². The number of hydrogen-bond acceptors (Lipinski definition) is 3. The first-order valence-electron chi connectivity index (χ1n) is 8.33. The predicted octanol–water partition coefficient (Wildman–Crippen LogP) is 5.34. The fraction of sp³-hybridized carbons (Fsp3) is 0.0476. The summed E-state index contributed by atoms with van der Waals surface area (Å²) in [4.78, 5) is 15.6. The van der Waals surface area contributed by atoms with Crippen molar-refractivity contribution in [3.8, 4) is 11.1 Å². The molecule has 0 amide bonds. The molecule has 4 rings (SSSR count). The van der Waals surface area contributed by atoms with E-state index in [2.05, 4.69) is 33.2 Å². The molecule has 0 saturated heterocycles. The van der Waals surface area contributed by atoms with E-state index in [-0.39, 0.29) is 16.4 Å². The second-order valence-corrected chi connectivity index (χ2v) is 6.67. The maximum Gasteiger partial charge on any atom is 0.339 e. The average molecular weight is 378 g/mol. The zero-order chi connectivity index (χ0) is 19.0. The van der Waals surface area contributed by atoms with E-state index in [1.165, 1.54) is 12.3 Å². The number of nitrogens with one attached hydrogen (secondary N) is 1. The Balaban J connectivity index is 1.80. The van der Waals surface area contributed by atoms with Gasteiger partial charge in [-0.1, -0.05) is 41.9 Å². The number of aromatic carboxylic acids is 1. The Morgan fingerprint density at radius 1 is 1.15 bits per heavy atom. The van der Waals surface area contributed by atoms with Crippen molar-refractivity contribution in [1.82, 2.24) is 9.55 Å². The van der Waals surface area contributed by atoms with E-state index in [0.29, 0.717) is 0 Å².